The van der Waals surface area contributed by atoms with Gasteiger partial charge in [0.2, 0.25) is 0 Å². The number of nitrogens with one attached hydrogen (secondary N) is 1. The predicted octanol–water partition coefficient (Wildman–Crippen LogP) is 3.20. The van der Waals surface area contributed by atoms with Crippen molar-refractivity contribution < 1.29 is 4.79 Å². The van der Waals surface area contributed by atoms with Gasteiger partial charge < -0.3 is 16.0 Å². The van der Waals surface area contributed by atoms with Gasteiger partial charge in [0.05, 0.1) is 10.7 Å². The third-order valence-electron chi connectivity index (χ3n) is 3.41. The number of anilines is 1. The van der Waals surface area contributed by atoms with E-state index in [4.69, 9.17) is 28.9 Å². The van der Waals surface area contributed by atoms with Crippen LogP contribution < -0.4 is 11.1 Å². The number of halogens is 2. The van der Waals surface area contributed by atoms with Gasteiger partial charge in [-0.05, 0) is 43.5 Å². The first-order valence-corrected chi connectivity index (χ1v) is 7.07. The van der Waals surface area contributed by atoms with Crippen molar-refractivity contribution in [1.29, 1.82) is 0 Å². The van der Waals surface area contributed by atoms with Crippen LogP contribution in [0.3, 0.4) is 0 Å². The monoisotopic (exact) mass is 301 g/mol. The molecular weight excluding hydrogens is 285 g/mol. The van der Waals surface area contributed by atoms with Gasteiger partial charge >= 0.3 is 6.03 Å². The van der Waals surface area contributed by atoms with Gasteiger partial charge in [0, 0.05) is 18.1 Å². The van der Waals surface area contributed by atoms with Crippen LogP contribution in [0.2, 0.25) is 10.0 Å². The van der Waals surface area contributed by atoms with Crippen LogP contribution in [-0.2, 0) is 0 Å². The minimum absolute atomic E-state index is 0.139. The number of piperidine rings is 1. The summed E-state index contributed by atoms with van der Waals surface area (Å²) in [7, 11) is 0. The highest BCUT2D eigenvalue weighted by Crippen LogP contribution is 2.26. The van der Waals surface area contributed by atoms with Crippen LogP contribution in [0.1, 0.15) is 12.8 Å². The summed E-state index contributed by atoms with van der Waals surface area (Å²) in [5.74, 6) is 0.527. The van der Waals surface area contributed by atoms with Crippen molar-refractivity contribution in [3.63, 3.8) is 0 Å². The first kappa shape index (κ1) is 14.4. The zero-order valence-corrected chi connectivity index (χ0v) is 12.0. The molecule has 6 heteroatoms. The first-order chi connectivity index (χ1) is 9.10. The quantitative estimate of drug-likeness (QED) is 0.881. The normalized spacial score (nSPS) is 16.5. The molecule has 0 atom stereocenters. The molecule has 1 aromatic carbocycles. The Morgan fingerprint density at radius 3 is 2.68 bits per heavy atom. The summed E-state index contributed by atoms with van der Waals surface area (Å²) in [4.78, 5) is 13.9. The molecule has 1 aliphatic rings. The standard InChI is InChI=1S/C13H17Cl2N3O/c14-10-1-2-11(15)12(7-10)17-13(19)18-5-3-9(8-16)4-6-18/h1-2,7,9H,3-6,8,16H2,(H,17,19). The zero-order valence-electron chi connectivity index (χ0n) is 10.5. The fraction of sp³-hybridized carbons (Fsp3) is 0.462. The van der Waals surface area contributed by atoms with Crippen molar-refractivity contribution in [1.82, 2.24) is 4.90 Å². The zero-order chi connectivity index (χ0) is 13.8. The summed E-state index contributed by atoms with van der Waals surface area (Å²) < 4.78 is 0. The molecular formula is C13H17Cl2N3O. The highest BCUT2D eigenvalue weighted by molar-refractivity contribution is 6.35. The van der Waals surface area contributed by atoms with Crippen molar-refractivity contribution in [3.05, 3.63) is 28.2 Å². The molecule has 0 bridgehead atoms. The lowest BCUT2D eigenvalue weighted by Crippen LogP contribution is -2.42. The number of urea groups is 1. The minimum Gasteiger partial charge on any atom is -0.330 e. The highest BCUT2D eigenvalue weighted by Gasteiger charge is 2.22. The second kappa shape index (κ2) is 6.46. The highest BCUT2D eigenvalue weighted by atomic mass is 35.5. The number of nitrogens with zero attached hydrogens (tertiary/aromatic N) is 1. The minimum atomic E-state index is -0.139. The number of rotatable bonds is 2. The van der Waals surface area contributed by atoms with Gasteiger partial charge in [-0.15, -0.1) is 0 Å². The Morgan fingerprint density at radius 1 is 1.37 bits per heavy atom. The molecule has 0 radical (unpaired) electrons. The van der Waals surface area contributed by atoms with Gasteiger partial charge in [-0.1, -0.05) is 23.2 Å². The van der Waals surface area contributed by atoms with Crippen molar-refractivity contribution in [3.8, 4) is 0 Å². The fourth-order valence-corrected chi connectivity index (χ4v) is 2.50. The van der Waals surface area contributed by atoms with E-state index in [0.29, 0.717) is 28.2 Å². The second-order valence-electron chi connectivity index (χ2n) is 4.72. The number of nitrogens with two attached hydrogens (primary N) is 1. The van der Waals surface area contributed by atoms with E-state index in [9.17, 15) is 4.79 Å². The van der Waals surface area contributed by atoms with Crippen LogP contribution in [-0.4, -0.2) is 30.6 Å². The Hall–Kier alpha value is -0.970. The molecule has 0 saturated carbocycles. The molecule has 0 spiro atoms. The molecule has 1 saturated heterocycles. The summed E-state index contributed by atoms with van der Waals surface area (Å²) in [6, 6.07) is 4.86. The summed E-state index contributed by atoms with van der Waals surface area (Å²) in [5.41, 5.74) is 6.18. The van der Waals surface area contributed by atoms with E-state index in [0.717, 1.165) is 25.9 Å². The lowest BCUT2D eigenvalue weighted by Gasteiger charge is -2.31. The maximum absolute atomic E-state index is 12.1. The summed E-state index contributed by atoms with van der Waals surface area (Å²) in [6.07, 6.45) is 1.90. The Morgan fingerprint density at radius 2 is 2.05 bits per heavy atom. The molecule has 0 unspecified atom stereocenters. The van der Waals surface area contributed by atoms with E-state index in [1.165, 1.54) is 0 Å². The van der Waals surface area contributed by atoms with Crippen molar-refractivity contribution in [2.24, 2.45) is 11.7 Å². The van der Waals surface area contributed by atoms with Crippen molar-refractivity contribution in [2.45, 2.75) is 12.8 Å². The number of hydrogen-bond donors (Lipinski definition) is 2. The van der Waals surface area contributed by atoms with Crippen LogP contribution in [0.4, 0.5) is 10.5 Å². The second-order valence-corrected chi connectivity index (χ2v) is 5.56. The smallest absolute Gasteiger partial charge is 0.321 e. The molecule has 2 amide bonds. The van der Waals surface area contributed by atoms with Crippen molar-refractivity contribution >= 4 is 34.9 Å². The number of hydrogen-bond acceptors (Lipinski definition) is 2. The summed E-state index contributed by atoms with van der Waals surface area (Å²) in [5, 5.41) is 3.82. The van der Waals surface area contributed by atoms with Crippen LogP contribution >= 0.6 is 23.2 Å². The molecule has 0 aliphatic carbocycles. The number of amides is 2. The Kier molecular flexibility index (Phi) is 4.91. The predicted molar refractivity (Wildman–Crippen MR) is 78.8 cm³/mol. The maximum Gasteiger partial charge on any atom is 0.321 e. The van der Waals surface area contributed by atoms with E-state index in [1.54, 1.807) is 23.1 Å². The average Bonchev–Trinajstić information content (AvgIpc) is 2.43. The van der Waals surface area contributed by atoms with Crippen LogP contribution in [0.25, 0.3) is 0 Å². The lowest BCUT2D eigenvalue weighted by molar-refractivity contribution is 0.184. The maximum atomic E-state index is 12.1. The molecule has 19 heavy (non-hydrogen) atoms. The number of benzene rings is 1. The Labute approximate surface area is 122 Å². The van der Waals surface area contributed by atoms with Crippen LogP contribution in [0, 0.1) is 5.92 Å². The average molecular weight is 302 g/mol. The topological polar surface area (TPSA) is 58.4 Å². The SMILES string of the molecule is NCC1CCN(C(=O)Nc2cc(Cl)ccc2Cl)CC1. The Bertz CT molecular complexity index is 459. The van der Waals surface area contributed by atoms with Crippen molar-refractivity contribution in [2.75, 3.05) is 25.0 Å². The van der Waals surface area contributed by atoms with E-state index in [1.807, 2.05) is 0 Å². The summed E-state index contributed by atoms with van der Waals surface area (Å²) >= 11 is 11.9. The van der Waals surface area contributed by atoms with Crippen LogP contribution in [0.15, 0.2) is 18.2 Å². The number of likely N-dealkylation sites (tertiary alicyclic amines) is 1. The van der Waals surface area contributed by atoms with Gasteiger partial charge in [0.15, 0.2) is 0 Å². The van der Waals surface area contributed by atoms with Gasteiger partial charge in [-0.3, -0.25) is 0 Å². The number of carbonyl (C=O) groups is 1. The van der Waals surface area contributed by atoms with E-state index in [2.05, 4.69) is 5.32 Å². The number of carbonyl (C=O) groups excluding carboxylic acids is 1. The van der Waals surface area contributed by atoms with Gasteiger partial charge in [-0.25, -0.2) is 4.79 Å². The molecule has 1 fully saturated rings. The molecule has 2 rings (SSSR count). The molecule has 4 nitrogen and oxygen atoms in total. The van der Waals surface area contributed by atoms with E-state index in [-0.39, 0.29) is 6.03 Å². The fourth-order valence-electron chi connectivity index (χ4n) is 2.16. The molecule has 1 aliphatic heterocycles. The third kappa shape index (κ3) is 3.75. The molecule has 0 aromatic heterocycles. The third-order valence-corrected chi connectivity index (χ3v) is 3.97. The first-order valence-electron chi connectivity index (χ1n) is 6.31. The largest absolute Gasteiger partial charge is 0.330 e. The van der Waals surface area contributed by atoms with Gasteiger partial charge in [0.25, 0.3) is 0 Å². The molecule has 3 N–H and O–H groups in total. The molecule has 1 heterocycles. The van der Waals surface area contributed by atoms with Gasteiger partial charge in [0.1, 0.15) is 0 Å². The van der Waals surface area contributed by atoms with Crippen LogP contribution in [0.5, 0.6) is 0 Å². The molecule has 1 aromatic rings. The van der Waals surface area contributed by atoms with E-state index >= 15 is 0 Å². The van der Waals surface area contributed by atoms with E-state index < -0.39 is 0 Å². The summed E-state index contributed by atoms with van der Waals surface area (Å²) in [6.45, 7) is 2.15. The Balaban J connectivity index is 1.96. The lowest BCUT2D eigenvalue weighted by atomic mass is 9.97. The van der Waals surface area contributed by atoms with Gasteiger partial charge in [-0.2, -0.15) is 0 Å². The molecule has 104 valence electrons.